The summed E-state index contributed by atoms with van der Waals surface area (Å²) in [5.41, 5.74) is 0.774. The molecule has 2 amide bonds. The highest BCUT2D eigenvalue weighted by Gasteiger charge is 2.26. The molecule has 7 heteroatoms. The van der Waals surface area contributed by atoms with Crippen molar-refractivity contribution in [2.24, 2.45) is 5.92 Å². The first kappa shape index (κ1) is 23.0. The Labute approximate surface area is 181 Å². The van der Waals surface area contributed by atoms with Crippen molar-refractivity contribution in [1.82, 2.24) is 10.2 Å². The molecule has 0 aliphatic rings. The Morgan fingerprint density at radius 1 is 1.03 bits per heavy atom. The number of carbonyl (C=O) groups is 2. The number of benzene rings is 2. The van der Waals surface area contributed by atoms with Gasteiger partial charge in [0.05, 0.1) is 10.0 Å². The molecule has 0 saturated carbocycles. The number of nitrogens with one attached hydrogen (secondary N) is 1. The maximum atomic E-state index is 12.9. The van der Waals surface area contributed by atoms with Gasteiger partial charge in [-0.25, -0.2) is 0 Å². The largest absolute Gasteiger partial charge is 0.484 e. The van der Waals surface area contributed by atoms with Crippen molar-refractivity contribution in [3.63, 3.8) is 0 Å². The zero-order chi connectivity index (χ0) is 21.4. The van der Waals surface area contributed by atoms with Gasteiger partial charge < -0.3 is 15.0 Å². The van der Waals surface area contributed by atoms with Gasteiger partial charge in [0, 0.05) is 13.1 Å². The maximum absolute atomic E-state index is 12.9. The SMILES string of the molecule is CC(C)CNC(=O)C(C)N(Cc1ccc(Cl)c(Cl)c1)C(=O)COc1ccccc1. The van der Waals surface area contributed by atoms with Crippen molar-refractivity contribution >= 4 is 35.0 Å². The third kappa shape index (κ3) is 7.26. The lowest BCUT2D eigenvalue weighted by Gasteiger charge is -2.29. The minimum Gasteiger partial charge on any atom is -0.484 e. The van der Waals surface area contributed by atoms with Crippen LogP contribution >= 0.6 is 23.2 Å². The second-order valence-electron chi connectivity index (χ2n) is 7.19. The Kier molecular flexibility index (Phi) is 8.80. The van der Waals surface area contributed by atoms with Crippen LogP contribution < -0.4 is 10.1 Å². The standard InChI is InChI=1S/C22H26Cl2N2O3/c1-15(2)12-25-22(28)16(3)26(13-17-9-10-19(23)20(24)11-17)21(27)14-29-18-7-5-4-6-8-18/h4-11,15-16H,12-14H2,1-3H3,(H,25,28). The van der Waals surface area contributed by atoms with E-state index in [1.54, 1.807) is 37.3 Å². The fourth-order valence-electron chi connectivity index (χ4n) is 2.61. The predicted octanol–water partition coefficient (Wildman–Crippen LogP) is 4.56. The van der Waals surface area contributed by atoms with Crippen LogP contribution in [0.15, 0.2) is 48.5 Å². The van der Waals surface area contributed by atoms with Crippen LogP contribution in [0, 0.1) is 5.92 Å². The monoisotopic (exact) mass is 436 g/mol. The number of hydrogen-bond acceptors (Lipinski definition) is 3. The normalized spacial score (nSPS) is 11.8. The van der Waals surface area contributed by atoms with Crippen molar-refractivity contribution in [3.05, 3.63) is 64.1 Å². The lowest BCUT2D eigenvalue weighted by molar-refractivity contribution is -0.142. The molecule has 156 valence electrons. The third-order valence-corrected chi connectivity index (χ3v) is 5.03. The number of carbonyl (C=O) groups excluding carboxylic acids is 2. The maximum Gasteiger partial charge on any atom is 0.261 e. The lowest BCUT2D eigenvalue weighted by atomic mass is 10.1. The fraction of sp³-hybridized carbons (Fsp3) is 0.364. The Balaban J connectivity index is 2.15. The van der Waals surface area contributed by atoms with E-state index in [4.69, 9.17) is 27.9 Å². The van der Waals surface area contributed by atoms with Gasteiger partial charge in [0.1, 0.15) is 11.8 Å². The number of amides is 2. The fourth-order valence-corrected chi connectivity index (χ4v) is 2.94. The first-order chi connectivity index (χ1) is 13.8. The van der Waals surface area contributed by atoms with E-state index >= 15 is 0 Å². The summed E-state index contributed by atoms with van der Waals surface area (Å²) in [4.78, 5) is 27.0. The van der Waals surface area contributed by atoms with Gasteiger partial charge in [0.15, 0.2) is 6.61 Å². The highest BCUT2D eigenvalue weighted by Crippen LogP contribution is 2.24. The molecule has 0 aliphatic carbocycles. The second kappa shape index (κ2) is 11.1. The molecule has 0 aliphatic heterocycles. The van der Waals surface area contributed by atoms with E-state index in [2.05, 4.69) is 5.32 Å². The van der Waals surface area contributed by atoms with Crippen LogP contribution in [0.5, 0.6) is 5.75 Å². The number of ether oxygens (including phenoxy) is 1. The molecular weight excluding hydrogens is 411 g/mol. The molecule has 1 N–H and O–H groups in total. The number of rotatable bonds is 9. The van der Waals surface area contributed by atoms with E-state index in [0.29, 0.717) is 28.3 Å². The number of nitrogens with zero attached hydrogens (tertiary/aromatic N) is 1. The molecule has 2 aromatic carbocycles. The summed E-state index contributed by atoms with van der Waals surface area (Å²) in [6, 6.07) is 13.6. The lowest BCUT2D eigenvalue weighted by Crippen LogP contribution is -2.49. The summed E-state index contributed by atoms with van der Waals surface area (Å²) in [7, 11) is 0. The number of hydrogen-bond donors (Lipinski definition) is 1. The van der Waals surface area contributed by atoms with Gasteiger partial charge in [-0.05, 0) is 42.7 Å². The van der Waals surface area contributed by atoms with Crippen molar-refractivity contribution < 1.29 is 14.3 Å². The molecule has 0 heterocycles. The third-order valence-electron chi connectivity index (χ3n) is 4.29. The van der Waals surface area contributed by atoms with Gasteiger partial charge in [0.25, 0.3) is 5.91 Å². The first-order valence-electron chi connectivity index (χ1n) is 9.47. The van der Waals surface area contributed by atoms with Gasteiger partial charge in [0.2, 0.25) is 5.91 Å². The van der Waals surface area contributed by atoms with Crippen molar-refractivity contribution in [3.8, 4) is 5.75 Å². The molecular formula is C22H26Cl2N2O3. The minimum absolute atomic E-state index is 0.173. The van der Waals surface area contributed by atoms with Crippen molar-refractivity contribution in [2.75, 3.05) is 13.2 Å². The summed E-state index contributed by atoms with van der Waals surface area (Å²) in [6.07, 6.45) is 0. The predicted molar refractivity (Wildman–Crippen MR) is 116 cm³/mol. The quantitative estimate of drug-likeness (QED) is 0.626. The highest BCUT2D eigenvalue weighted by atomic mass is 35.5. The van der Waals surface area contributed by atoms with Crippen molar-refractivity contribution in [2.45, 2.75) is 33.4 Å². The van der Waals surface area contributed by atoms with E-state index in [1.807, 2.05) is 32.0 Å². The smallest absolute Gasteiger partial charge is 0.261 e. The first-order valence-corrected chi connectivity index (χ1v) is 10.2. The number of halogens is 2. The van der Waals surface area contributed by atoms with Gasteiger partial charge in [-0.2, -0.15) is 0 Å². The van der Waals surface area contributed by atoms with Gasteiger partial charge in [-0.15, -0.1) is 0 Å². The molecule has 0 saturated heterocycles. The summed E-state index contributed by atoms with van der Waals surface area (Å²) in [6.45, 7) is 6.30. The summed E-state index contributed by atoms with van der Waals surface area (Å²) < 4.78 is 5.59. The van der Waals surface area contributed by atoms with Crippen LogP contribution in [0.1, 0.15) is 26.3 Å². The molecule has 0 radical (unpaired) electrons. The molecule has 29 heavy (non-hydrogen) atoms. The summed E-state index contributed by atoms with van der Waals surface area (Å²) >= 11 is 12.1. The molecule has 5 nitrogen and oxygen atoms in total. The Morgan fingerprint density at radius 2 is 1.72 bits per heavy atom. The van der Waals surface area contributed by atoms with Gasteiger partial charge in [-0.3, -0.25) is 9.59 Å². The average molecular weight is 437 g/mol. The van der Waals surface area contributed by atoms with E-state index < -0.39 is 6.04 Å². The minimum atomic E-state index is -0.671. The Morgan fingerprint density at radius 3 is 2.34 bits per heavy atom. The summed E-state index contributed by atoms with van der Waals surface area (Å²) in [5, 5.41) is 3.71. The molecule has 0 aromatic heterocycles. The van der Waals surface area contributed by atoms with E-state index in [-0.39, 0.29) is 25.0 Å². The topological polar surface area (TPSA) is 58.6 Å². The van der Waals surface area contributed by atoms with Crippen LogP contribution in [0.2, 0.25) is 10.0 Å². The molecule has 0 fully saturated rings. The second-order valence-corrected chi connectivity index (χ2v) is 8.00. The Bertz CT molecular complexity index is 828. The molecule has 0 bridgehead atoms. The van der Waals surface area contributed by atoms with E-state index in [1.165, 1.54) is 4.90 Å². The van der Waals surface area contributed by atoms with E-state index in [9.17, 15) is 9.59 Å². The zero-order valence-corrected chi connectivity index (χ0v) is 18.3. The zero-order valence-electron chi connectivity index (χ0n) is 16.8. The van der Waals surface area contributed by atoms with Crippen LogP contribution in [0.25, 0.3) is 0 Å². The van der Waals surface area contributed by atoms with Crippen LogP contribution in [-0.4, -0.2) is 35.9 Å². The molecule has 1 atom stereocenters. The molecule has 1 unspecified atom stereocenters. The van der Waals surface area contributed by atoms with Gasteiger partial charge in [-0.1, -0.05) is 61.3 Å². The van der Waals surface area contributed by atoms with Crippen LogP contribution in [-0.2, 0) is 16.1 Å². The molecule has 2 rings (SSSR count). The van der Waals surface area contributed by atoms with Crippen LogP contribution in [0.4, 0.5) is 0 Å². The molecule has 2 aromatic rings. The average Bonchev–Trinajstić information content (AvgIpc) is 2.71. The molecule has 0 spiro atoms. The van der Waals surface area contributed by atoms with Crippen LogP contribution in [0.3, 0.4) is 0 Å². The van der Waals surface area contributed by atoms with Gasteiger partial charge >= 0.3 is 0 Å². The Hall–Kier alpha value is -2.24. The van der Waals surface area contributed by atoms with Crippen molar-refractivity contribution in [1.29, 1.82) is 0 Å². The highest BCUT2D eigenvalue weighted by molar-refractivity contribution is 6.42. The van der Waals surface area contributed by atoms with E-state index in [0.717, 1.165) is 5.56 Å². The summed E-state index contributed by atoms with van der Waals surface area (Å²) in [5.74, 6) is 0.387. The number of para-hydroxylation sites is 1.